The molecule has 0 saturated heterocycles. The lowest BCUT2D eigenvalue weighted by atomic mass is 9.82. The Balaban J connectivity index is 1.81. The molecule has 116 valence electrons. The van der Waals surface area contributed by atoms with Gasteiger partial charge in [-0.25, -0.2) is 22.0 Å². The van der Waals surface area contributed by atoms with Gasteiger partial charge in [-0.2, -0.15) is 0 Å². The van der Waals surface area contributed by atoms with Crippen LogP contribution in [0.15, 0.2) is 0 Å². The molecule has 0 bridgehead atoms. The van der Waals surface area contributed by atoms with E-state index in [4.69, 9.17) is 0 Å². The lowest BCUT2D eigenvalue weighted by Crippen LogP contribution is -2.29. The molecular formula is C15H16F5N. The van der Waals surface area contributed by atoms with E-state index in [1.54, 1.807) is 0 Å². The van der Waals surface area contributed by atoms with Crippen LogP contribution in [0.25, 0.3) is 0 Å². The van der Waals surface area contributed by atoms with Crippen LogP contribution in [0.2, 0.25) is 0 Å². The van der Waals surface area contributed by atoms with Crippen LogP contribution >= 0.6 is 0 Å². The summed E-state index contributed by atoms with van der Waals surface area (Å²) in [7, 11) is 0. The Kier molecular flexibility index (Phi) is 3.80. The largest absolute Gasteiger partial charge is 0.377 e. The van der Waals surface area contributed by atoms with E-state index in [2.05, 4.69) is 5.32 Å². The predicted molar refractivity (Wildman–Crippen MR) is 68.3 cm³/mol. The van der Waals surface area contributed by atoms with E-state index in [1.165, 1.54) is 12.8 Å². The minimum absolute atomic E-state index is 0.238. The molecule has 0 radical (unpaired) electrons. The second-order valence-corrected chi connectivity index (χ2v) is 6.05. The van der Waals surface area contributed by atoms with E-state index >= 15 is 0 Å². The summed E-state index contributed by atoms with van der Waals surface area (Å²) in [5, 5.41) is 2.54. The highest BCUT2D eigenvalue weighted by Crippen LogP contribution is 2.44. The van der Waals surface area contributed by atoms with Crippen molar-refractivity contribution in [3.8, 4) is 0 Å². The predicted octanol–water partition coefficient (Wildman–Crippen LogP) is 4.76. The van der Waals surface area contributed by atoms with Gasteiger partial charge in [0.25, 0.3) is 0 Å². The van der Waals surface area contributed by atoms with Gasteiger partial charge in [-0.1, -0.05) is 12.8 Å². The molecule has 0 spiro atoms. The molecule has 2 unspecified atom stereocenters. The van der Waals surface area contributed by atoms with Gasteiger partial charge in [0.2, 0.25) is 5.82 Å². The summed E-state index contributed by atoms with van der Waals surface area (Å²) in [6.07, 6.45) is 5.76. The first-order valence-corrected chi connectivity index (χ1v) is 7.27. The summed E-state index contributed by atoms with van der Waals surface area (Å²) >= 11 is 0. The second kappa shape index (κ2) is 5.46. The van der Waals surface area contributed by atoms with Gasteiger partial charge < -0.3 is 5.32 Å². The number of anilines is 1. The van der Waals surface area contributed by atoms with Crippen molar-refractivity contribution >= 4 is 5.69 Å². The Hall–Kier alpha value is -1.33. The third-order valence-electron chi connectivity index (χ3n) is 4.56. The topological polar surface area (TPSA) is 12.0 Å². The normalized spacial score (nSPS) is 26.0. The number of benzene rings is 1. The molecule has 0 heterocycles. The van der Waals surface area contributed by atoms with Gasteiger partial charge in [0.05, 0.1) is 0 Å². The Labute approximate surface area is 119 Å². The number of hydrogen-bond donors (Lipinski definition) is 1. The van der Waals surface area contributed by atoms with Crippen LogP contribution in [0.4, 0.5) is 27.6 Å². The zero-order valence-electron chi connectivity index (χ0n) is 11.4. The lowest BCUT2D eigenvalue weighted by Gasteiger charge is -2.30. The quantitative estimate of drug-likeness (QED) is 0.482. The molecule has 2 aliphatic rings. The van der Waals surface area contributed by atoms with Crippen molar-refractivity contribution in [1.29, 1.82) is 0 Å². The summed E-state index contributed by atoms with van der Waals surface area (Å²) in [5.41, 5.74) is -0.896. The molecule has 2 atom stereocenters. The first-order chi connectivity index (χ1) is 9.99. The van der Waals surface area contributed by atoms with Crippen LogP contribution in [0.5, 0.6) is 0 Å². The molecule has 21 heavy (non-hydrogen) atoms. The maximum absolute atomic E-state index is 13.6. The van der Waals surface area contributed by atoms with E-state index in [0.29, 0.717) is 18.3 Å². The number of halogens is 5. The van der Waals surface area contributed by atoms with Gasteiger partial charge in [0.1, 0.15) is 5.69 Å². The molecule has 0 aliphatic heterocycles. The smallest absolute Gasteiger partial charge is 0.200 e. The fourth-order valence-corrected chi connectivity index (χ4v) is 3.29. The fourth-order valence-electron chi connectivity index (χ4n) is 3.29. The Bertz CT molecular complexity index is 526. The van der Waals surface area contributed by atoms with Crippen molar-refractivity contribution in [1.82, 2.24) is 0 Å². The van der Waals surface area contributed by atoms with Crippen LogP contribution in [-0.2, 0) is 0 Å². The second-order valence-electron chi connectivity index (χ2n) is 6.05. The molecule has 1 aromatic rings. The third-order valence-corrected chi connectivity index (χ3v) is 4.56. The molecule has 1 nitrogen and oxygen atoms in total. The van der Waals surface area contributed by atoms with Crippen LogP contribution in [-0.4, -0.2) is 6.04 Å². The Morgan fingerprint density at radius 2 is 1.24 bits per heavy atom. The van der Waals surface area contributed by atoms with E-state index in [1.807, 2.05) is 0 Å². The maximum Gasteiger partial charge on any atom is 0.200 e. The molecule has 3 rings (SSSR count). The summed E-state index contributed by atoms with van der Waals surface area (Å²) in [4.78, 5) is 0. The maximum atomic E-state index is 13.6. The van der Waals surface area contributed by atoms with Crippen molar-refractivity contribution in [2.75, 3.05) is 5.32 Å². The summed E-state index contributed by atoms with van der Waals surface area (Å²) in [5.74, 6) is -8.30. The van der Waals surface area contributed by atoms with Gasteiger partial charge in [0.15, 0.2) is 23.3 Å². The Morgan fingerprint density at radius 3 is 1.81 bits per heavy atom. The molecule has 0 amide bonds. The van der Waals surface area contributed by atoms with E-state index in [-0.39, 0.29) is 6.04 Å². The van der Waals surface area contributed by atoms with Crippen LogP contribution in [0, 0.1) is 40.9 Å². The summed E-state index contributed by atoms with van der Waals surface area (Å²) in [6.45, 7) is 0. The Morgan fingerprint density at radius 1 is 0.667 bits per heavy atom. The highest BCUT2D eigenvalue weighted by Gasteiger charge is 2.35. The molecule has 0 aromatic heterocycles. The minimum atomic E-state index is -2.12. The van der Waals surface area contributed by atoms with Crippen molar-refractivity contribution in [2.45, 2.75) is 44.6 Å². The zero-order chi connectivity index (χ0) is 15.1. The van der Waals surface area contributed by atoms with E-state index < -0.39 is 34.8 Å². The summed E-state index contributed by atoms with van der Waals surface area (Å²) < 4.78 is 66.6. The standard InChI is InChI=1S/C15H16F5N/c16-10-11(17)13(19)15(14(20)12(10)18)21-9-3-1-2-8(6-9)7-4-5-7/h7-9,21H,1-6H2. The van der Waals surface area contributed by atoms with Crippen molar-refractivity contribution < 1.29 is 22.0 Å². The first-order valence-electron chi connectivity index (χ1n) is 7.27. The summed E-state index contributed by atoms with van der Waals surface area (Å²) in [6, 6.07) is -0.238. The third kappa shape index (κ3) is 2.72. The fraction of sp³-hybridized carbons (Fsp3) is 0.600. The van der Waals surface area contributed by atoms with Gasteiger partial charge in [-0.05, 0) is 37.5 Å². The van der Waals surface area contributed by atoms with Gasteiger partial charge in [0, 0.05) is 6.04 Å². The molecule has 1 N–H and O–H groups in total. The van der Waals surface area contributed by atoms with E-state index in [9.17, 15) is 22.0 Å². The van der Waals surface area contributed by atoms with Crippen molar-refractivity contribution in [3.63, 3.8) is 0 Å². The number of rotatable bonds is 3. The molecule has 6 heteroatoms. The highest BCUT2D eigenvalue weighted by molar-refractivity contribution is 5.48. The minimum Gasteiger partial charge on any atom is -0.377 e. The highest BCUT2D eigenvalue weighted by atomic mass is 19.2. The first kappa shape index (κ1) is 14.6. The van der Waals surface area contributed by atoms with Crippen LogP contribution in [0.3, 0.4) is 0 Å². The monoisotopic (exact) mass is 305 g/mol. The number of nitrogens with one attached hydrogen (secondary N) is 1. The van der Waals surface area contributed by atoms with Gasteiger partial charge >= 0.3 is 0 Å². The zero-order valence-corrected chi connectivity index (χ0v) is 11.4. The molecule has 2 fully saturated rings. The van der Waals surface area contributed by atoms with Gasteiger partial charge in [-0.3, -0.25) is 0 Å². The van der Waals surface area contributed by atoms with E-state index in [0.717, 1.165) is 19.3 Å². The van der Waals surface area contributed by atoms with Gasteiger partial charge in [-0.15, -0.1) is 0 Å². The van der Waals surface area contributed by atoms with Crippen molar-refractivity contribution in [2.24, 2.45) is 11.8 Å². The average molecular weight is 305 g/mol. The molecule has 2 saturated carbocycles. The van der Waals surface area contributed by atoms with Crippen LogP contribution in [0.1, 0.15) is 38.5 Å². The molecular weight excluding hydrogens is 289 g/mol. The molecule has 2 aliphatic carbocycles. The molecule has 1 aromatic carbocycles. The lowest BCUT2D eigenvalue weighted by molar-refractivity contribution is 0.301. The number of hydrogen-bond acceptors (Lipinski definition) is 1. The average Bonchev–Trinajstić information content (AvgIpc) is 3.33. The SMILES string of the molecule is Fc1c(F)c(F)c(NC2CCCC(C3CC3)C2)c(F)c1F. The van der Waals surface area contributed by atoms with Crippen molar-refractivity contribution in [3.05, 3.63) is 29.1 Å². The van der Waals surface area contributed by atoms with Crippen LogP contribution < -0.4 is 5.32 Å².